The van der Waals surface area contributed by atoms with E-state index >= 15 is 0 Å². The van der Waals surface area contributed by atoms with Crippen molar-refractivity contribution in [1.82, 2.24) is 5.01 Å². The van der Waals surface area contributed by atoms with Gasteiger partial charge in [0.25, 0.3) is 0 Å². The fourth-order valence-electron chi connectivity index (χ4n) is 0.722. The molecule has 0 amide bonds. The quantitative estimate of drug-likeness (QED) is 0.349. The van der Waals surface area contributed by atoms with Crippen LogP contribution in [-0.2, 0) is 0 Å². The van der Waals surface area contributed by atoms with E-state index in [1.165, 1.54) is 5.01 Å². The minimum Gasteiger partial charge on any atom is -0.369 e. The van der Waals surface area contributed by atoms with Gasteiger partial charge in [-0.1, -0.05) is 6.92 Å². The van der Waals surface area contributed by atoms with Gasteiger partial charge >= 0.3 is 0 Å². The Balaban J connectivity index is 2.50. The minimum atomic E-state index is 0.0237. The maximum Gasteiger partial charge on any atom is 0.209 e. The summed E-state index contributed by atoms with van der Waals surface area (Å²) in [6, 6.07) is 0. The zero-order chi connectivity index (χ0) is 6.85. The zero-order valence-electron chi connectivity index (χ0n) is 5.33. The summed E-state index contributed by atoms with van der Waals surface area (Å²) in [5.41, 5.74) is 5.16. The average molecular weight is 126 g/mol. The van der Waals surface area contributed by atoms with Crippen molar-refractivity contribution in [3.63, 3.8) is 0 Å². The Kier molecular flexibility index (Phi) is 1.38. The van der Waals surface area contributed by atoms with Crippen LogP contribution < -0.4 is 5.73 Å². The molecule has 0 bridgehead atoms. The molecule has 1 aliphatic rings. The van der Waals surface area contributed by atoms with Crippen LogP contribution in [0.2, 0.25) is 0 Å². The van der Waals surface area contributed by atoms with Crippen LogP contribution in [0.3, 0.4) is 0 Å². The molecular formula is C5H10N4. The van der Waals surface area contributed by atoms with Gasteiger partial charge in [0.1, 0.15) is 0 Å². The number of nitrogens with one attached hydrogen (secondary N) is 1. The first-order valence-electron chi connectivity index (χ1n) is 2.86. The van der Waals surface area contributed by atoms with E-state index in [9.17, 15) is 0 Å². The third-order valence-electron chi connectivity index (χ3n) is 1.20. The average Bonchev–Trinajstić information content (AvgIpc) is 2.14. The van der Waals surface area contributed by atoms with Crippen molar-refractivity contribution in [2.75, 3.05) is 6.54 Å². The number of hydrazone groups is 1. The van der Waals surface area contributed by atoms with Gasteiger partial charge in [-0.3, -0.25) is 5.41 Å². The predicted octanol–water partition coefficient (Wildman–Crippen LogP) is -0.183. The molecule has 0 saturated carbocycles. The normalized spacial score (nSPS) is 25.0. The lowest BCUT2D eigenvalue weighted by atomic mass is 10.2. The van der Waals surface area contributed by atoms with Crippen molar-refractivity contribution < 1.29 is 0 Å². The van der Waals surface area contributed by atoms with Gasteiger partial charge < -0.3 is 5.73 Å². The monoisotopic (exact) mass is 126 g/mol. The van der Waals surface area contributed by atoms with Crippen molar-refractivity contribution in [1.29, 1.82) is 5.41 Å². The Morgan fingerprint density at radius 3 is 2.89 bits per heavy atom. The second-order valence-corrected chi connectivity index (χ2v) is 2.21. The van der Waals surface area contributed by atoms with Crippen LogP contribution in [-0.4, -0.2) is 23.7 Å². The van der Waals surface area contributed by atoms with Crippen LogP contribution in [0.15, 0.2) is 5.10 Å². The molecule has 0 fully saturated rings. The topological polar surface area (TPSA) is 65.5 Å². The van der Waals surface area contributed by atoms with E-state index in [-0.39, 0.29) is 5.96 Å². The molecule has 0 saturated heterocycles. The molecule has 1 atom stereocenters. The summed E-state index contributed by atoms with van der Waals surface area (Å²) in [7, 11) is 0. The summed E-state index contributed by atoms with van der Waals surface area (Å²) >= 11 is 0. The second kappa shape index (κ2) is 2.05. The van der Waals surface area contributed by atoms with Crippen LogP contribution >= 0.6 is 0 Å². The molecular weight excluding hydrogens is 116 g/mol. The molecule has 1 heterocycles. The second-order valence-electron chi connectivity index (χ2n) is 2.21. The van der Waals surface area contributed by atoms with Gasteiger partial charge in [0.2, 0.25) is 5.96 Å². The Bertz CT molecular complexity index is 151. The Morgan fingerprint density at radius 2 is 2.67 bits per heavy atom. The molecule has 0 aromatic heterocycles. The van der Waals surface area contributed by atoms with Crippen molar-refractivity contribution in [2.45, 2.75) is 6.92 Å². The van der Waals surface area contributed by atoms with Crippen LogP contribution in [0, 0.1) is 11.3 Å². The largest absolute Gasteiger partial charge is 0.369 e. The summed E-state index contributed by atoms with van der Waals surface area (Å²) in [6.45, 7) is 2.78. The van der Waals surface area contributed by atoms with Gasteiger partial charge in [-0.05, 0) is 0 Å². The molecule has 0 aromatic carbocycles. The van der Waals surface area contributed by atoms with E-state index in [1.807, 2.05) is 6.92 Å². The summed E-state index contributed by atoms with van der Waals surface area (Å²) < 4.78 is 0. The highest BCUT2D eigenvalue weighted by atomic mass is 15.5. The van der Waals surface area contributed by atoms with E-state index in [1.54, 1.807) is 6.21 Å². The van der Waals surface area contributed by atoms with Crippen molar-refractivity contribution in [2.24, 2.45) is 16.8 Å². The smallest absolute Gasteiger partial charge is 0.209 e. The molecule has 3 N–H and O–H groups in total. The first-order valence-corrected chi connectivity index (χ1v) is 2.86. The molecule has 0 spiro atoms. The first-order chi connectivity index (χ1) is 4.20. The SMILES string of the molecule is CC1C=NN(C(=N)N)C1. The van der Waals surface area contributed by atoms with Gasteiger partial charge in [0.05, 0.1) is 6.54 Å². The van der Waals surface area contributed by atoms with Gasteiger partial charge in [0.15, 0.2) is 0 Å². The molecule has 50 valence electrons. The van der Waals surface area contributed by atoms with Gasteiger partial charge in [0, 0.05) is 12.1 Å². The third kappa shape index (κ3) is 1.19. The lowest BCUT2D eigenvalue weighted by Crippen LogP contribution is -2.31. The van der Waals surface area contributed by atoms with Crippen LogP contribution in [0.25, 0.3) is 0 Å². The van der Waals surface area contributed by atoms with E-state index in [4.69, 9.17) is 11.1 Å². The number of guanidine groups is 1. The highest BCUT2D eigenvalue weighted by Gasteiger charge is 2.13. The standard InChI is InChI=1S/C5H10N4/c1-4-2-8-9(3-4)5(6)7/h2,4H,3H2,1H3,(H3,6,7). The maximum absolute atomic E-state index is 6.97. The first kappa shape index (κ1) is 6.07. The maximum atomic E-state index is 6.97. The van der Waals surface area contributed by atoms with Gasteiger partial charge in [-0.2, -0.15) is 5.10 Å². The highest BCUT2D eigenvalue weighted by Crippen LogP contribution is 2.04. The van der Waals surface area contributed by atoms with Crippen LogP contribution in [0.4, 0.5) is 0 Å². The highest BCUT2D eigenvalue weighted by molar-refractivity contribution is 5.78. The van der Waals surface area contributed by atoms with E-state index in [2.05, 4.69) is 5.10 Å². The Hall–Kier alpha value is -1.06. The molecule has 1 unspecified atom stereocenters. The molecule has 4 heteroatoms. The summed E-state index contributed by atoms with van der Waals surface area (Å²) in [4.78, 5) is 0. The molecule has 9 heavy (non-hydrogen) atoms. The van der Waals surface area contributed by atoms with Crippen LogP contribution in [0.1, 0.15) is 6.92 Å². The lowest BCUT2D eigenvalue weighted by molar-refractivity contribution is 0.448. The zero-order valence-corrected chi connectivity index (χ0v) is 5.33. The molecule has 0 aromatic rings. The minimum absolute atomic E-state index is 0.0237. The molecule has 1 rings (SSSR count). The van der Waals surface area contributed by atoms with Crippen LogP contribution in [0.5, 0.6) is 0 Å². The number of nitrogens with zero attached hydrogens (tertiary/aromatic N) is 2. The summed E-state index contributed by atoms with van der Waals surface area (Å²) in [6.07, 6.45) is 1.79. The number of nitrogens with two attached hydrogens (primary N) is 1. The molecule has 4 nitrogen and oxygen atoms in total. The number of hydrogen-bond donors (Lipinski definition) is 2. The van der Waals surface area contributed by atoms with E-state index < -0.39 is 0 Å². The lowest BCUT2D eigenvalue weighted by Gasteiger charge is -2.10. The fourth-order valence-corrected chi connectivity index (χ4v) is 0.722. The molecule has 0 radical (unpaired) electrons. The molecule has 1 aliphatic heterocycles. The van der Waals surface area contributed by atoms with Crippen molar-refractivity contribution >= 4 is 12.2 Å². The van der Waals surface area contributed by atoms with Gasteiger partial charge in [-0.25, -0.2) is 5.01 Å². The van der Waals surface area contributed by atoms with Gasteiger partial charge in [-0.15, -0.1) is 0 Å². The molecule has 0 aliphatic carbocycles. The summed E-state index contributed by atoms with van der Waals surface area (Å²) in [5, 5.41) is 12.3. The summed E-state index contributed by atoms with van der Waals surface area (Å²) in [5.74, 6) is 0.449. The Morgan fingerprint density at radius 1 is 2.00 bits per heavy atom. The van der Waals surface area contributed by atoms with Crippen molar-refractivity contribution in [3.05, 3.63) is 0 Å². The predicted molar refractivity (Wildman–Crippen MR) is 36.3 cm³/mol. The van der Waals surface area contributed by atoms with E-state index in [0.29, 0.717) is 5.92 Å². The number of hydrogen-bond acceptors (Lipinski definition) is 2. The number of rotatable bonds is 0. The van der Waals surface area contributed by atoms with E-state index in [0.717, 1.165) is 6.54 Å². The van der Waals surface area contributed by atoms with Crippen molar-refractivity contribution in [3.8, 4) is 0 Å². The third-order valence-corrected chi connectivity index (χ3v) is 1.20. The Labute approximate surface area is 53.8 Å². The fraction of sp³-hybridized carbons (Fsp3) is 0.600.